The summed E-state index contributed by atoms with van der Waals surface area (Å²) >= 11 is 0. The lowest BCUT2D eigenvalue weighted by atomic mass is 10.1. The van der Waals surface area contributed by atoms with Gasteiger partial charge in [-0.05, 0) is 60.5 Å². The first kappa shape index (κ1) is 25.0. The molecule has 9 heteroatoms. The zero-order valence-electron chi connectivity index (χ0n) is 19.9. The molecule has 186 valence electrons. The molecule has 8 nitrogen and oxygen atoms in total. The molecule has 0 bridgehead atoms. The van der Waals surface area contributed by atoms with E-state index in [4.69, 9.17) is 4.74 Å². The van der Waals surface area contributed by atoms with Crippen LogP contribution in [0.5, 0.6) is 5.75 Å². The summed E-state index contributed by atoms with van der Waals surface area (Å²) in [5.41, 5.74) is 3.46. The smallest absolute Gasteiger partial charge is 0.326 e. The average Bonchev–Trinajstić information content (AvgIpc) is 3.38. The number of nitrogens with zero attached hydrogens (tertiary/aromatic N) is 2. The van der Waals surface area contributed by atoms with E-state index in [1.54, 1.807) is 30.5 Å². The van der Waals surface area contributed by atoms with Gasteiger partial charge >= 0.3 is 6.03 Å². The molecule has 0 spiro atoms. The van der Waals surface area contributed by atoms with Crippen LogP contribution in [0.1, 0.15) is 12.0 Å². The van der Waals surface area contributed by atoms with Gasteiger partial charge in [-0.1, -0.05) is 30.3 Å². The Balaban J connectivity index is 1.24. The van der Waals surface area contributed by atoms with Gasteiger partial charge in [0.25, 0.3) is 0 Å². The van der Waals surface area contributed by atoms with Gasteiger partial charge in [-0.3, -0.25) is 4.57 Å². The fourth-order valence-corrected chi connectivity index (χ4v) is 4.10. The minimum absolute atomic E-state index is 0.227. The second kappa shape index (κ2) is 11.5. The third kappa shape index (κ3) is 6.96. The predicted molar refractivity (Wildman–Crippen MR) is 140 cm³/mol. The summed E-state index contributed by atoms with van der Waals surface area (Å²) in [4.78, 5) is 17.0. The molecule has 0 aliphatic heterocycles. The predicted octanol–water partition coefficient (Wildman–Crippen LogP) is 4.59. The maximum absolute atomic E-state index is 12.4. The van der Waals surface area contributed by atoms with Gasteiger partial charge in [0.1, 0.15) is 18.7 Å². The van der Waals surface area contributed by atoms with Crippen LogP contribution in [0.25, 0.3) is 11.3 Å². The first-order valence-electron chi connectivity index (χ1n) is 11.5. The SMILES string of the molecule is CS(=O)(=O)c1ccc(COc2ccc(-c3cn(C(=O)NCCCNc4ccccc4)cn3)cc2)cc1. The van der Waals surface area contributed by atoms with Crippen LogP contribution in [-0.4, -0.2) is 43.3 Å². The Hall–Kier alpha value is -4.11. The van der Waals surface area contributed by atoms with Crippen molar-refractivity contribution in [3.63, 3.8) is 0 Å². The fraction of sp³-hybridized carbons (Fsp3) is 0.185. The molecule has 1 amide bonds. The molecule has 0 radical (unpaired) electrons. The number of para-hydroxylation sites is 1. The summed E-state index contributed by atoms with van der Waals surface area (Å²) in [6.45, 7) is 1.63. The zero-order valence-corrected chi connectivity index (χ0v) is 20.7. The summed E-state index contributed by atoms with van der Waals surface area (Å²) in [7, 11) is -3.21. The van der Waals surface area contributed by atoms with Gasteiger partial charge in [0.05, 0.1) is 10.6 Å². The van der Waals surface area contributed by atoms with Gasteiger partial charge in [-0.25, -0.2) is 18.2 Å². The molecule has 2 N–H and O–H groups in total. The third-order valence-electron chi connectivity index (χ3n) is 5.46. The molecule has 0 saturated carbocycles. The van der Waals surface area contributed by atoms with E-state index < -0.39 is 9.84 Å². The maximum atomic E-state index is 12.4. The zero-order chi connectivity index (χ0) is 25.4. The fourth-order valence-electron chi connectivity index (χ4n) is 3.47. The molecule has 0 aliphatic rings. The van der Waals surface area contributed by atoms with Crippen molar-refractivity contribution in [2.45, 2.75) is 17.9 Å². The second-order valence-corrected chi connectivity index (χ2v) is 10.3. The van der Waals surface area contributed by atoms with Gasteiger partial charge in [-0.15, -0.1) is 0 Å². The lowest BCUT2D eigenvalue weighted by Gasteiger charge is -2.08. The Morgan fingerprint density at radius 3 is 2.36 bits per heavy atom. The molecule has 3 aromatic carbocycles. The number of benzene rings is 3. The highest BCUT2D eigenvalue weighted by molar-refractivity contribution is 7.90. The van der Waals surface area contributed by atoms with Gasteiger partial charge in [0, 0.05) is 36.8 Å². The van der Waals surface area contributed by atoms with Crippen LogP contribution in [0.2, 0.25) is 0 Å². The van der Waals surface area contributed by atoms with Crippen LogP contribution in [0.15, 0.2) is 96.3 Å². The number of imidazole rings is 1. The quantitative estimate of drug-likeness (QED) is 0.306. The summed E-state index contributed by atoms with van der Waals surface area (Å²) in [6, 6.07) is 23.8. The number of rotatable bonds is 10. The number of aromatic nitrogens is 2. The Morgan fingerprint density at radius 2 is 1.67 bits per heavy atom. The van der Waals surface area contributed by atoms with Gasteiger partial charge in [0.2, 0.25) is 0 Å². The van der Waals surface area contributed by atoms with E-state index in [2.05, 4.69) is 15.6 Å². The number of ether oxygens (including phenoxy) is 1. The molecule has 0 atom stereocenters. The highest BCUT2D eigenvalue weighted by atomic mass is 32.2. The summed E-state index contributed by atoms with van der Waals surface area (Å²) in [6.07, 6.45) is 5.17. The van der Waals surface area contributed by atoms with E-state index in [9.17, 15) is 13.2 Å². The summed E-state index contributed by atoms with van der Waals surface area (Å²) < 4.78 is 30.4. The molecule has 0 aliphatic carbocycles. The third-order valence-corrected chi connectivity index (χ3v) is 6.59. The van der Waals surface area contributed by atoms with Crippen LogP contribution in [0.3, 0.4) is 0 Å². The lowest BCUT2D eigenvalue weighted by molar-refractivity contribution is 0.242. The van der Waals surface area contributed by atoms with E-state index in [0.29, 0.717) is 24.6 Å². The van der Waals surface area contributed by atoms with E-state index >= 15 is 0 Å². The monoisotopic (exact) mass is 504 g/mol. The standard InChI is InChI=1S/C27H28N4O4S/c1-36(33,34)25-14-8-21(9-15-25)19-35-24-12-10-22(11-13-24)26-18-31(20-30-26)27(32)29-17-5-16-28-23-6-3-2-4-7-23/h2-4,6-15,18,20,28H,5,16-17,19H2,1H3,(H,29,32). The van der Waals surface area contributed by atoms with Crippen LogP contribution >= 0.6 is 0 Å². The highest BCUT2D eigenvalue weighted by Gasteiger charge is 2.09. The van der Waals surface area contributed by atoms with Gasteiger partial charge in [-0.2, -0.15) is 0 Å². The van der Waals surface area contributed by atoms with Gasteiger partial charge < -0.3 is 15.4 Å². The molecular formula is C27H28N4O4S. The minimum atomic E-state index is -3.21. The highest BCUT2D eigenvalue weighted by Crippen LogP contribution is 2.22. The topological polar surface area (TPSA) is 102 Å². The number of amides is 1. The number of sulfone groups is 1. The molecule has 4 rings (SSSR count). The number of hydrogen-bond donors (Lipinski definition) is 2. The van der Waals surface area contributed by atoms with Crippen molar-refractivity contribution in [3.05, 3.63) is 97.0 Å². The molecular weight excluding hydrogens is 476 g/mol. The molecule has 1 aromatic heterocycles. The normalized spacial score (nSPS) is 11.1. The summed E-state index contributed by atoms with van der Waals surface area (Å²) in [5, 5.41) is 6.21. The number of carbonyl (C=O) groups excluding carboxylic acids is 1. The van der Waals surface area contributed by atoms with Crippen molar-refractivity contribution in [2.24, 2.45) is 0 Å². The number of carbonyl (C=O) groups is 1. The van der Waals surface area contributed by atoms with Crippen molar-refractivity contribution in [1.82, 2.24) is 14.9 Å². The van der Waals surface area contributed by atoms with E-state index in [1.807, 2.05) is 54.6 Å². The van der Waals surface area contributed by atoms with Crippen molar-refractivity contribution in [1.29, 1.82) is 0 Å². The van der Waals surface area contributed by atoms with Crippen LogP contribution in [-0.2, 0) is 16.4 Å². The summed E-state index contributed by atoms with van der Waals surface area (Å²) in [5.74, 6) is 0.673. The Kier molecular flexibility index (Phi) is 8.02. The molecule has 0 fully saturated rings. The molecule has 4 aromatic rings. The second-order valence-electron chi connectivity index (χ2n) is 8.27. The van der Waals surface area contributed by atoms with E-state index in [1.165, 1.54) is 17.2 Å². The Labute approximate surface area is 210 Å². The minimum Gasteiger partial charge on any atom is -0.489 e. The first-order chi connectivity index (χ1) is 17.4. The van der Waals surface area contributed by atoms with Crippen LogP contribution < -0.4 is 15.4 Å². The lowest BCUT2D eigenvalue weighted by Crippen LogP contribution is -2.29. The van der Waals surface area contributed by atoms with E-state index in [0.717, 1.165) is 29.8 Å². The molecule has 0 unspecified atom stereocenters. The van der Waals surface area contributed by atoms with Crippen molar-refractivity contribution in [3.8, 4) is 17.0 Å². The number of anilines is 1. The molecule has 1 heterocycles. The molecule has 36 heavy (non-hydrogen) atoms. The van der Waals surface area contributed by atoms with Crippen LogP contribution in [0.4, 0.5) is 10.5 Å². The van der Waals surface area contributed by atoms with Crippen molar-refractivity contribution >= 4 is 21.6 Å². The number of hydrogen-bond acceptors (Lipinski definition) is 6. The van der Waals surface area contributed by atoms with Crippen molar-refractivity contribution in [2.75, 3.05) is 24.7 Å². The first-order valence-corrected chi connectivity index (χ1v) is 13.4. The Bertz CT molecular complexity index is 1380. The molecule has 0 saturated heterocycles. The van der Waals surface area contributed by atoms with Crippen molar-refractivity contribution < 1.29 is 17.9 Å². The Morgan fingerprint density at radius 1 is 0.944 bits per heavy atom. The maximum Gasteiger partial charge on any atom is 0.326 e. The average molecular weight is 505 g/mol. The van der Waals surface area contributed by atoms with E-state index in [-0.39, 0.29) is 10.9 Å². The van der Waals surface area contributed by atoms with Crippen LogP contribution in [0, 0.1) is 0 Å². The van der Waals surface area contributed by atoms with Gasteiger partial charge in [0.15, 0.2) is 9.84 Å². The number of nitrogens with one attached hydrogen (secondary N) is 2. The largest absolute Gasteiger partial charge is 0.489 e.